The molecule has 17 heavy (non-hydrogen) atoms. The standard InChI is InChI=1S/C13H8F3O/c1-8-2-4-9(5-3-8)17-10-6-11(14)13(16)12(15)7-10/h2-7H,1H2. The van der Waals surface area contributed by atoms with Crippen LogP contribution in [0.1, 0.15) is 5.56 Å². The fourth-order valence-corrected chi connectivity index (χ4v) is 1.28. The van der Waals surface area contributed by atoms with Gasteiger partial charge < -0.3 is 4.74 Å². The van der Waals surface area contributed by atoms with Gasteiger partial charge >= 0.3 is 0 Å². The molecular weight excluding hydrogens is 229 g/mol. The van der Waals surface area contributed by atoms with Crippen molar-refractivity contribution in [2.45, 2.75) is 0 Å². The van der Waals surface area contributed by atoms with E-state index in [4.69, 9.17) is 4.74 Å². The van der Waals surface area contributed by atoms with Crippen LogP contribution in [0.3, 0.4) is 0 Å². The number of rotatable bonds is 2. The Morgan fingerprint density at radius 3 is 1.88 bits per heavy atom. The maximum atomic E-state index is 12.9. The molecule has 2 rings (SSSR count). The highest BCUT2D eigenvalue weighted by atomic mass is 19.2. The van der Waals surface area contributed by atoms with E-state index in [1.54, 1.807) is 24.3 Å². The van der Waals surface area contributed by atoms with Crippen molar-refractivity contribution in [2.24, 2.45) is 0 Å². The molecule has 4 heteroatoms. The molecule has 0 spiro atoms. The predicted octanol–water partition coefficient (Wildman–Crippen LogP) is 4.08. The molecular formula is C13H8F3O. The predicted molar refractivity (Wildman–Crippen MR) is 57.3 cm³/mol. The van der Waals surface area contributed by atoms with E-state index >= 15 is 0 Å². The van der Waals surface area contributed by atoms with Crippen LogP contribution in [0.2, 0.25) is 0 Å². The van der Waals surface area contributed by atoms with Gasteiger partial charge in [0, 0.05) is 12.1 Å². The molecule has 0 amide bonds. The smallest absolute Gasteiger partial charge is 0.194 e. The normalized spacial score (nSPS) is 10.4. The summed E-state index contributed by atoms with van der Waals surface area (Å²) in [5.74, 6) is -3.78. The molecule has 0 aliphatic heterocycles. The summed E-state index contributed by atoms with van der Waals surface area (Å²) in [5.41, 5.74) is 0.786. The summed E-state index contributed by atoms with van der Waals surface area (Å²) in [4.78, 5) is 0. The third-order valence-electron chi connectivity index (χ3n) is 2.12. The van der Waals surface area contributed by atoms with Crippen molar-refractivity contribution >= 4 is 0 Å². The lowest BCUT2D eigenvalue weighted by atomic mass is 10.2. The maximum Gasteiger partial charge on any atom is 0.194 e. The molecule has 0 heterocycles. The zero-order valence-corrected chi connectivity index (χ0v) is 8.71. The average molecular weight is 237 g/mol. The monoisotopic (exact) mass is 237 g/mol. The Bertz CT molecular complexity index is 512. The lowest BCUT2D eigenvalue weighted by molar-refractivity contribution is 0.423. The van der Waals surface area contributed by atoms with Crippen LogP contribution in [0.15, 0.2) is 36.4 Å². The summed E-state index contributed by atoms with van der Waals surface area (Å²) in [6.45, 7) is 3.68. The quantitative estimate of drug-likeness (QED) is 0.715. The van der Waals surface area contributed by atoms with Gasteiger partial charge in [-0.3, -0.25) is 0 Å². The zero-order valence-electron chi connectivity index (χ0n) is 8.71. The Morgan fingerprint density at radius 1 is 0.824 bits per heavy atom. The number of halogens is 3. The highest BCUT2D eigenvalue weighted by molar-refractivity contribution is 5.34. The molecule has 87 valence electrons. The fourth-order valence-electron chi connectivity index (χ4n) is 1.28. The SMILES string of the molecule is [CH2]c1ccc(Oc2cc(F)c(F)c(F)c2)cc1. The molecule has 0 saturated heterocycles. The molecule has 0 atom stereocenters. The summed E-state index contributed by atoms with van der Waals surface area (Å²) in [5, 5.41) is 0. The Kier molecular flexibility index (Phi) is 3.04. The number of hydrogen-bond acceptors (Lipinski definition) is 1. The van der Waals surface area contributed by atoms with Gasteiger partial charge in [0.25, 0.3) is 0 Å². The van der Waals surface area contributed by atoms with Crippen molar-refractivity contribution in [2.75, 3.05) is 0 Å². The van der Waals surface area contributed by atoms with Crippen molar-refractivity contribution in [1.82, 2.24) is 0 Å². The molecule has 1 radical (unpaired) electrons. The van der Waals surface area contributed by atoms with Crippen LogP contribution >= 0.6 is 0 Å². The van der Waals surface area contributed by atoms with Crippen LogP contribution in [0.25, 0.3) is 0 Å². The van der Waals surface area contributed by atoms with Gasteiger partial charge in [0.05, 0.1) is 0 Å². The van der Waals surface area contributed by atoms with Crippen molar-refractivity contribution in [1.29, 1.82) is 0 Å². The van der Waals surface area contributed by atoms with E-state index in [1.807, 2.05) is 0 Å². The van der Waals surface area contributed by atoms with Gasteiger partial charge in [-0.25, -0.2) is 13.2 Å². The minimum atomic E-state index is -1.51. The number of hydrogen-bond donors (Lipinski definition) is 0. The second kappa shape index (κ2) is 4.49. The summed E-state index contributed by atoms with van der Waals surface area (Å²) in [7, 11) is 0. The molecule has 0 unspecified atom stereocenters. The second-order valence-corrected chi connectivity index (χ2v) is 3.45. The average Bonchev–Trinajstić information content (AvgIpc) is 2.29. The largest absolute Gasteiger partial charge is 0.457 e. The third kappa shape index (κ3) is 2.58. The van der Waals surface area contributed by atoms with Crippen molar-refractivity contribution < 1.29 is 17.9 Å². The van der Waals surface area contributed by atoms with E-state index in [1.165, 1.54) is 0 Å². The molecule has 0 aliphatic rings. The zero-order chi connectivity index (χ0) is 12.4. The minimum absolute atomic E-state index is 0.0989. The summed E-state index contributed by atoms with van der Waals surface area (Å²) in [6.07, 6.45) is 0. The third-order valence-corrected chi connectivity index (χ3v) is 2.12. The topological polar surface area (TPSA) is 9.23 Å². The maximum absolute atomic E-state index is 12.9. The Morgan fingerprint density at radius 2 is 1.35 bits per heavy atom. The van der Waals surface area contributed by atoms with Crippen molar-refractivity contribution in [3.8, 4) is 11.5 Å². The molecule has 0 bridgehead atoms. The Balaban J connectivity index is 2.27. The summed E-state index contributed by atoms with van der Waals surface area (Å²) in [6, 6.07) is 8.15. The van der Waals surface area contributed by atoms with Crippen LogP contribution in [-0.2, 0) is 0 Å². The van der Waals surface area contributed by atoms with Gasteiger partial charge in [-0.1, -0.05) is 12.1 Å². The highest BCUT2D eigenvalue weighted by Crippen LogP contribution is 2.25. The molecule has 0 aromatic heterocycles. The number of ether oxygens (including phenoxy) is 1. The van der Waals surface area contributed by atoms with Gasteiger partial charge in [-0.15, -0.1) is 0 Å². The fraction of sp³-hybridized carbons (Fsp3) is 0. The van der Waals surface area contributed by atoms with E-state index in [0.29, 0.717) is 5.75 Å². The van der Waals surface area contributed by atoms with E-state index in [0.717, 1.165) is 17.7 Å². The summed E-state index contributed by atoms with van der Waals surface area (Å²) >= 11 is 0. The van der Waals surface area contributed by atoms with Crippen LogP contribution in [-0.4, -0.2) is 0 Å². The first kappa shape index (κ1) is 11.5. The Labute approximate surface area is 96.5 Å². The van der Waals surface area contributed by atoms with Crippen LogP contribution < -0.4 is 4.74 Å². The van der Waals surface area contributed by atoms with E-state index in [9.17, 15) is 13.2 Å². The van der Waals surface area contributed by atoms with Gasteiger partial charge in [-0.05, 0) is 24.6 Å². The molecule has 2 aromatic rings. The second-order valence-electron chi connectivity index (χ2n) is 3.45. The van der Waals surface area contributed by atoms with Gasteiger partial charge in [0.2, 0.25) is 0 Å². The first-order valence-corrected chi connectivity index (χ1v) is 4.80. The van der Waals surface area contributed by atoms with Gasteiger partial charge in [0.15, 0.2) is 17.5 Å². The molecule has 0 aliphatic carbocycles. The molecule has 1 nitrogen and oxygen atoms in total. The summed E-state index contributed by atoms with van der Waals surface area (Å²) < 4.78 is 43.7. The van der Waals surface area contributed by atoms with Crippen molar-refractivity contribution in [3.05, 3.63) is 66.3 Å². The first-order valence-electron chi connectivity index (χ1n) is 4.80. The number of benzene rings is 2. The highest BCUT2D eigenvalue weighted by Gasteiger charge is 2.11. The lowest BCUT2D eigenvalue weighted by Gasteiger charge is -2.06. The first-order chi connectivity index (χ1) is 8.06. The van der Waals surface area contributed by atoms with Crippen LogP contribution in [0.5, 0.6) is 11.5 Å². The molecule has 0 N–H and O–H groups in total. The van der Waals surface area contributed by atoms with E-state index in [2.05, 4.69) is 6.92 Å². The molecule has 0 fully saturated rings. The lowest BCUT2D eigenvalue weighted by Crippen LogP contribution is -1.93. The molecule has 0 saturated carbocycles. The van der Waals surface area contributed by atoms with E-state index in [-0.39, 0.29) is 5.75 Å². The van der Waals surface area contributed by atoms with Gasteiger partial charge in [-0.2, -0.15) is 0 Å². The van der Waals surface area contributed by atoms with Crippen LogP contribution in [0.4, 0.5) is 13.2 Å². The van der Waals surface area contributed by atoms with Crippen LogP contribution in [0, 0.1) is 24.4 Å². The van der Waals surface area contributed by atoms with Gasteiger partial charge in [0.1, 0.15) is 11.5 Å². The minimum Gasteiger partial charge on any atom is -0.457 e. The van der Waals surface area contributed by atoms with Crippen molar-refractivity contribution in [3.63, 3.8) is 0 Å². The van der Waals surface area contributed by atoms with E-state index < -0.39 is 17.5 Å². The Hall–Kier alpha value is -1.97. The molecule has 2 aromatic carbocycles.